The molecule has 1 N–H and O–H groups in total. The fraction of sp³-hybridized carbons (Fsp3) is 0.368. The second-order valence-electron chi connectivity index (χ2n) is 5.37. The molecular weight excluding hydrogens is 500 g/mol. The molecule has 2 fully saturated rings. The van der Waals surface area contributed by atoms with E-state index in [9.17, 15) is 0 Å². The molecule has 2 nitrogen and oxygen atoms in total. The Labute approximate surface area is 170 Å². The zero-order chi connectivity index (χ0) is 16.7. The van der Waals surface area contributed by atoms with Crippen LogP contribution in [0.25, 0.3) is 0 Å². The summed E-state index contributed by atoms with van der Waals surface area (Å²) in [6.45, 7) is 0. The van der Waals surface area contributed by atoms with Crippen LogP contribution in [-0.2, 0) is 0 Å². The van der Waals surface area contributed by atoms with Crippen LogP contribution in [-0.4, -0.2) is 16.0 Å². The maximum absolute atomic E-state index is 8.87. The average molecular weight is 523 g/mol. The number of ether oxygens (including phenoxy) is 1. The Morgan fingerprint density at radius 1 is 0.833 bits per heavy atom. The maximum Gasteiger partial charge on any atom is 0.133 e. The first-order valence-corrected chi connectivity index (χ1v) is 10.0. The molecule has 2 aliphatic carbocycles. The van der Waals surface area contributed by atoms with Gasteiger partial charge in [0.05, 0.1) is 15.0 Å². The molecule has 0 aromatic heterocycles. The van der Waals surface area contributed by atoms with Gasteiger partial charge in [0, 0.05) is 4.83 Å². The molecule has 2 saturated carbocycles. The van der Waals surface area contributed by atoms with Gasteiger partial charge in [0.2, 0.25) is 0 Å². The van der Waals surface area contributed by atoms with Crippen LogP contribution in [0.3, 0.4) is 0 Å². The van der Waals surface area contributed by atoms with Gasteiger partial charge in [-0.15, -0.1) is 0 Å². The summed E-state index contributed by atoms with van der Waals surface area (Å²) in [6, 6.07) is 15.0. The largest absolute Gasteiger partial charge is 0.507 e. The molecule has 2 aliphatic rings. The monoisotopic (exact) mass is 520 g/mol. The number of phenols is 1. The molecule has 2 aromatic rings. The molecule has 0 aliphatic heterocycles. The van der Waals surface area contributed by atoms with Crippen molar-refractivity contribution in [1.29, 1.82) is 0 Å². The van der Waals surface area contributed by atoms with Gasteiger partial charge in [-0.2, -0.15) is 0 Å². The lowest BCUT2D eigenvalue weighted by atomic mass is 10.3. The first-order chi connectivity index (χ1) is 11.1. The van der Waals surface area contributed by atoms with E-state index in [0.717, 1.165) is 19.5 Å². The minimum atomic E-state index is 0. The van der Waals surface area contributed by atoms with Crippen LogP contribution in [0.2, 0.25) is 0 Å². The molecule has 2 aromatic carbocycles. The minimum Gasteiger partial charge on any atom is -0.507 e. The molecule has 4 rings (SSSR count). The van der Waals surface area contributed by atoms with E-state index in [-0.39, 0.29) is 13.2 Å². The Morgan fingerprint density at radius 3 is 1.71 bits per heavy atom. The Kier molecular flexibility index (Phi) is 10.0. The lowest BCUT2D eigenvalue weighted by Gasteiger charge is -2.04. The zero-order valence-corrected chi connectivity index (χ0v) is 17.3. The van der Waals surface area contributed by atoms with Crippen molar-refractivity contribution in [3.63, 3.8) is 0 Å². The van der Waals surface area contributed by atoms with Gasteiger partial charge < -0.3 is 9.84 Å². The molecule has 0 radical (unpaired) electrons. The highest BCUT2D eigenvalue weighted by atomic mass is 79.9. The SMILES string of the molecule is BrC1CC1.Brc1ccccc1OC1CC1.C.Oc1ccccc1Br. The smallest absolute Gasteiger partial charge is 0.133 e. The van der Waals surface area contributed by atoms with E-state index in [1.807, 2.05) is 30.3 Å². The van der Waals surface area contributed by atoms with Crippen molar-refractivity contribution in [2.45, 2.75) is 44.0 Å². The van der Waals surface area contributed by atoms with Crippen LogP contribution in [0.1, 0.15) is 33.1 Å². The van der Waals surface area contributed by atoms with Crippen LogP contribution in [0.15, 0.2) is 57.5 Å². The normalized spacial score (nSPS) is 15.0. The number of aromatic hydroxyl groups is 1. The molecule has 0 unspecified atom stereocenters. The summed E-state index contributed by atoms with van der Waals surface area (Å²) in [5.41, 5.74) is 0. The van der Waals surface area contributed by atoms with Crippen molar-refractivity contribution in [3.05, 3.63) is 57.5 Å². The van der Waals surface area contributed by atoms with Crippen molar-refractivity contribution in [1.82, 2.24) is 0 Å². The van der Waals surface area contributed by atoms with E-state index in [1.165, 1.54) is 25.7 Å². The van der Waals surface area contributed by atoms with Gasteiger partial charge in [-0.1, -0.05) is 47.6 Å². The van der Waals surface area contributed by atoms with Crippen molar-refractivity contribution in [3.8, 4) is 11.5 Å². The second-order valence-corrected chi connectivity index (χ2v) is 8.38. The van der Waals surface area contributed by atoms with Crippen molar-refractivity contribution >= 4 is 47.8 Å². The lowest BCUT2D eigenvalue weighted by molar-refractivity contribution is 0.301. The highest BCUT2D eigenvalue weighted by Crippen LogP contribution is 2.31. The maximum atomic E-state index is 8.87. The van der Waals surface area contributed by atoms with Gasteiger partial charge in [0.15, 0.2) is 0 Å². The fourth-order valence-electron chi connectivity index (χ4n) is 1.42. The molecule has 24 heavy (non-hydrogen) atoms. The number of alkyl halides is 1. The number of phenolic OH excluding ortho intramolecular Hbond substituents is 1. The van der Waals surface area contributed by atoms with Crippen LogP contribution >= 0.6 is 47.8 Å². The van der Waals surface area contributed by atoms with Crippen molar-refractivity contribution < 1.29 is 9.84 Å². The van der Waals surface area contributed by atoms with Crippen LogP contribution in [0, 0.1) is 0 Å². The molecule has 0 saturated heterocycles. The number of para-hydroxylation sites is 2. The number of rotatable bonds is 2. The molecule has 0 spiro atoms. The summed E-state index contributed by atoms with van der Waals surface area (Å²) in [5.74, 6) is 1.25. The minimum absolute atomic E-state index is 0. The summed E-state index contributed by atoms with van der Waals surface area (Å²) in [7, 11) is 0. The molecule has 0 amide bonds. The molecule has 0 atom stereocenters. The van der Waals surface area contributed by atoms with Crippen LogP contribution in [0.4, 0.5) is 0 Å². The van der Waals surface area contributed by atoms with E-state index in [2.05, 4.69) is 47.8 Å². The third kappa shape index (κ3) is 9.09. The first-order valence-electron chi connectivity index (χ1n) is 7.55. The molecular formula is C19H23Br3O2. The van der Waals surface area contributed by atoms with Gasteiger partial charge in [-0.25, -0.2) is 0 Å². The van der Waals surface area contributed by atoms with E-state index >= 15 is 0 Å². The van der Waals surface area contributed by atoms with E-state index in [1.54, 1.807) is 18.2 Å². The third-order valence-electron chi connectivity index (χ3n) is 3.01. The van der Waals surface area contributed by atoms with Gasteiger partial charge in [0.25, 0.3) is 0 Å². The molecule has 0 heterocycles. The summed E-state index contributed by atoms with van der Waals surface area (Å²) < 4.78 is 7.39. The predicted molar refractivity (Wildman–Crippen MR) is 112 cm³/mol. The van der Waals surface area contributed by atoms with Gasteiger partial charge >= 0.3 is 0 Å². The quantitative estimate of drug-likeness (QED) is 0.418. The Morgan fingerprint density at radius 2 is 1.33 bits per heavy atom. The highest BCUT2D eigenvalue weighted by molar-refractivity contribution is 9.11. The summed E-state index contributed by atoms with van der Waals surface area (Å²) in [5, 5.41) is 8.87. The highest BCUT2D eigenvalue weighted by Gasteiger charge is 2.23. The standard InChI is InChI=1S/C9H9BrO.C6H5BrO.C3H5Br.CH4/c10-8-3-1-2-4-9(8)11-7-5-6-7;7-5-3-1-2-4-6(5)8;4-3-1-2-3;/h1-4,7H,5-6H2;1-4,8H;3H,1-2H2;1H4. The second kappa shape index (κ2) is 11.2. The average Bonchev–Trinajstić information content (AvgIpc) is 3.45. The van der Waals surface area contributed by atoms with Crippen LogP contribution in [0.5, 0.6) is 11.5 Å². The van der Waals surface area contributed by atoms with Crippen LogP contribution < -0.4 is 4.74 Å². The number of halogens is 3. The first kappa shape index (κ1) is 21.5. The summed E-state index contributed by atoms with van der Waals surface area (Å²) >= 11 is 9.95. The zero-order valence-electron chi connectivity index (χ0n) is 12.6. The van der Waals surface area contributed by atoms with E-state index in [0.29, 0.717) is 6.10 Å². The van der Waals surface area contributed by atoms with Gasteiger partial charge in [0.1, 0.15) is 11.5 Å². The predicted octanol–water partition coefficient (Wildman–Crippen LogP) is 7.32. The fourth-order valence-corrected chi connectivity index (χ4v) is 2.35. The van der Waals surface area contributed by atoms with Crippen molar-refractivity contribution in [2.75, 3.05) is 0 Å². The van der Waals surface area contributed by atoms with E-state index in [4.69, 9.17) is 9.84 Å². The lowest BCUT2D eigenvalue weighted by Crippen LogP contribution is -1.95. The Balaban J connectivity index is 0.000000195. The topological polar surface area (TPSA) is 29.5 Å². The van der Waals surface area contributed by atoms with Gasteiger partial charge in [-0.05, 0) is 81.8 Å². The number of hydrogen-bond donors (Lipinski definition) is 1. The van der Waals surface area contributed by atoms with Crippen molar-refractivity contribution in [2.24, 2.45) is 0 Å². The third-order valence-corrected chi connectivity index (χ3v) is 5.26. The summed E-state index contributed by atoms with van der Waals surface area (Å²) in [4.78, 5) is 0.896. The number of benzene rings is 2. The van der Waals surface area contributed by atoms with Gasteiger partial charge in [-0.3, -0.25) is 0 Å². The molecule has 0 bridgehead atoms. The Bertz CT molecular complexity index is 590. The molecule has 132 valence electrons. The Hall–Kier alpha value is -0.520. The summed E-state index contributed by atoms with van der Waals surface area (Å²) in [6.07, 6.45) is 5.71. The van der Waals surface area contributed by atoms with E-state index < -0.39 is 0 Å². The number of hydrogen-bond acceptors (Lipinski definition) is 2. The molecule has 5 heteroatoms.